The van der Waals surface area contributed by atoms with Crippen molar-refractivity contribution >= 4 is 28.3 Å². The van der Waals surface area contributed by atoms with Crippen LogP contribution in [0.25, 0.3) is 10.9 Å². The first-order chi connectivity index (χ1) is 10.2. The lowest BCUT2D eigenvalue weighted by molar-refractivity contribution is 1.17. The molecule has 0 aliphatic rings. The molecular weight excluding hydrogens is 264 g/mol. The lowest BCUT2D eigenvalue weighted by atomic mass is 10.0. The van der Waals surface area contributed by atoms with Gasteiger partial charge < -0.3 is 16.5 Å². The molecule has 21 heavy (non-hydrogen) atoms. The van der Waals surface area contributed by atoms with Gasteiger partial charge >= 0.3 is 0 Å². The molecule has 3 aromatic rings. The molecule has 2 aromatic heterocycles. The molecule has 0 aliphatic heterocycles. The van der Waals surface area contributed by atoms with Gasteiger partial charge in [0, 0.05) is 22.7 Å². The highest BCUT2D eigenvalue weighted by Gasteiger charge is 2.14. The lowest BCUT2D eigenvalue weighted by Gasteiger charge is -2.09. The molecule has 6 N–H and O–H groups in total. The maximum absolute atomic E-state index is 8.23. The quantitative estimate of drug-likeness (QED) is 0.540. The Kier molecular flexibility index (Phi) is 4.18. The third-order valence-electron chi connectivity index (χ3n) is 3.00. The molecule has 1 aromatic carbocycles. The second kappa shape index (κ2) is 6.04. The van der Waals surface area contributed by atoms with Crippen LogP contribution in [0, 0.1) is 5.41 Å². The van der Waals surface area contributed by atoms with E-state index in [1.807, 2.05) is 44.3 Å². The molecule has 0 saturated heterocycles. The zero-order valence-electron chi connectivity index (χ0n) is 12.0. The normalized spacial score (nSPS) is 10.0. The van der Waals surface area contributed by atoms with Gasteiger partial charge in [0.25, 0.3) is 0 Å². The number of fused-ring (bicyclic) bond motifs is 1. The minimum absolute atomic E-state index is 0.215. The number of hydrogen-bond donors (Lipinski definition) is 4. The summed E-state index contributed by atoms with van der Waals surface area (Å²) in [6.07, 6.45) is 3.14. The van der Waals surface area contributed by atoms with Crippen LogP contribution in [0.4, 0.5) is 11.6 Å². The minimum atomic E-state index is 0.215. The van der Waals surface area contributed by atoms with E-state index in [0.29, 0.717) is 5.56 Å². The van der Waals surface area contributed by atoms with Crippen molar-refractivity contribution in [2.45, 2.75) is 13.8 Å². The van der Waals surface area contributed by atoms with Crippen molar-refractivity contribution < 1.29 is 0 Å². The summed E-state index contributed by atoms with van der Waals surface area (Å²) in [5, 5.41) is 9.25. The van der Waals surface area contributed by atoms with Gasteiger partial charge in [0.15, 0.2) is 0 Å². The fourth-order valence-corrected chi connectivity index (χ4v) is 2.02. The Morgan fingerprint density at radius 2 is 1.76 bits per heavy atom. The number of anilines is 2. The number of aromatic amines is 1. The van der Waals surface area contributed by atoms with E-state index in [0.717, 1.165) is 16.5 Å². The number of rotatable bonds is 2. The molecule has 3 rings (SSSR count). The van der Waals surface area contributed by atoms with E-state index < -0.39 is 0 Å². The van der Waals surface area contributed by atoms with E-state index in [4.69, 9.17) is 16.9 Å². The molecule has 0 amide bonds. The Morgan fingerprint density at radius 1 is 1.10 bits per heavy atom. The Morgan fingerprint density at radius 3 is 2.43 bits per heavy atom. The second-order valence-corrected chi connectivity index (χ2v) is 4.17. The summed E-state index contributed by atoms with van der Waals surface area (Å²) >= 11 is 0. The molecule has 6 nitrogen and oxygen atoms in total. The maximum atomic E-state index is 8.23. The maximum Gasteiger partial charge on any atom is 0.138 e. The van der Waals surface area contributed by atoms with Gasteiger partial charge in [-0.1, -0.05) is 19.9 Å². The van der Waals surface area contributed by atoms with Crippen LogP contribution < -0.4 is 11.5 Å². The first kappa shape index (κ1) is 14.5. The van der Waals surface area contributed by atoms with Crippen molar-refractivity contribution in [2.75, 3.05) is 11.5 Å². The van der Waals surface area contributed by atoms with E-state index in [9.17, 15) is 0 Å². The number of benzene rings is 1. The number of hydrogen-bond acceptors (Lipinski definition) is 5. The topological polar surface area (TPSA) is 117 Å². The second-order valence-electron chi connectivity index (χ2n) is 4.17. The van der Waals surface area contributed by atoms with E-state index >= 15 is 0 Å². The van der Waals surface area contributed by atoms with Crippen LogP contribution in [0.5, 0.6) is 0 Å². The summed E-state index contributed by atoms with van der Waals surface area (Å²) in [5.41, 5.74) is 13.9. The summed E-state index contributed by atoms with van der Waals surface area (Å²) < 4.78 is 0. The molecule has 0 fully saturated rings. The third-order valence-corrected chi connectivity index (χ3v) is 3.00. The summed E-state index contributed by atoms with van der Waals surface area (Å²) in [4.78, 5) is 10.9. The Balaban J connectivity index is 0.000000774. The first-order valence-corrected chi connectivity index (χ1v) is 6.69. The standard InChI is InChI=1S/C13H12N6.C2H6/c14-11(10-12(15)18-6-19-13(10)16)8-1-2-9-7(5-8)3-4-17-9;1-2/h1-6,14,17H,(H4,15,16,18,19);1-2H3. The van der Waals surface area contributed by atoms with Crippen molar-refractivity contribution in [3.05, 3.63) is 47.9 Å². The van der Waals surface area contributed by atoms with Crippen molar-refractivity contribution in [3.63, 3.8) is 0 Å². The lowest BCUT2D eigenvalue weighted by Crippen LogP contribution is -2.11. The summed E-state index contributed by atoms with van der Waals surface area (Å²) in [7, 11) is 0. The molecule has 108 valence electrons. The first-order valence-electron chi connectivity index (χ1n) is 6.69. The van der Waals surface area contributed by atoms with E-state index in [1.54, 1.807) is 0 Å². The number of aromatic nitrogens is 3. The van der Waals surface area contributed by atoms with Gasteiger partial charge in [-0.2, -0.15) is 0 Å². The van der Waals surface area contributed by atoms with Crippen molar-refractivity contribution in [2.24, 2.45) is 0 Å². The molecule has 0 aliphatic carbocycles. The molecule has 0 radical (unpaired) electrons. The van der Waals surface area contributed by atoms with Crippen LogP contribution in [0.3, 0.4) is 0 Å². The fourth-order valence-electron chi connectivity index (χ4n) is 2.02. The van der Waals surface area contributed by atoms with E-state index in [-0.39, 0.29) is 17.3 Å². The van der Waals surface area contributed by atoms with Gasteiger partial charge in [-0.25, -0.2) is 9.97 Å². The van der Waals surface area contributed by atoms with Gasteiger partial charge in [-0.15, -0.1) is 0 Å². The molecule has 0 unspecified atom stereocenters. The number of nitrogens with zero attached hydrogens (tertiary/aromatic N) is 2. The minimum Gasteiger partial charge on any atom is -0.383 e. The van der Waals surface area contributed by atoms with Crippen LogP contribution in [0.1, 0.15) is 25.0 Å². The third kappa shape index (κ3) is 2.69. The molecule has 2 heterocycles. The number of nitrogens with two attached hydrogens (primary N) is 2. The highest BCUT2D eigenvalue weighted by molar-refractivity contribution is 6.16. The number of nitrogen functional groups attached to an aromatic ring is 2. The van der Waals surface area contributed by atoms with Crippen LogP contribution in [-0.4, -0.2) is 20.7 Å². The highest BCUT2D eigenvalue weighted by Crippen LogP contribution is 2.21. The summed E-state index contributed by atoms with van der Waals surface area (Å²) in [6, 6.07) is 7.60. The SMILES string of the molecule is CC.N=C(c1ccc2[nH]ccc2c1)c1c(N)ncnc1N. The average Bonchev–Trinajstić information content (AvgIpc) is 2.96. The smallest absolute Gasteiger partial charge is 0.138 e. The van der Waals surface area contributed by atoms with Crippen LogP contribution >= 0.6 is 0 Å². The Hall–Kier alpha value is -2.89. The van der Waals surface area contributed by atoms with Gasteiger partial charge in [-0.05, 0) is 18.2 Å². The molecule has 0 saturated carbocycles. The number of H-pyrrole nitrogens is 1. The van der Waals surface area contributed by atoms with Gasteiger partial charge in [0.05, 0.1) is 11.3 Å². The van der Waals surface area contributed by atoms with Gasteiger partial charge in [0.2, 0.25) is 0 Å². The van der Waals surface area contributed by atoms with Crippen molar-refractivity contribution in [3.8, 4) is 0 Å². The van der Waals surface area contributed by atoms with E-state index in [1.165, 1.54) is 6.33 Å². The monoisotopic (exact) mass is 282 g/mol. The summed E-state index contributed by atoms with van der Waals surface area (Å²) in [5.74, 6) is 0.429. The molecular formula is C15H18N6. The molecule has 0 spiro atoms. The fraction of sp³-hybridized carbons (Fsp3) is 0.133. The largest absolute Gasteiger partial charge is 0.383 e. The van der Waals surface area contributed by atoms with Crippen molar-refractivity contribution in [1.82, 2.24) is 15.0 Å². The van der Waals surface area contributed by atoms with Gasteiger partial charge in [0.1, 0.15) is 18.0 Å². The van der Waals surface area contributed by atoms with E-state index in [2.05, 4.69) is 15.0 Å². The highest BCUT2D eigenvalue weighted by atomic mass is 15.0. The predicted molar refractivity (Wildman–Crippen MR) is 86.4 cm³/mol. The number of nitrogens with one attached hydrogen (secondary N) is 2. The predicted octanol–water partition coefficient (Wildman–Crippen LogP) is 2.56. The molecule has 6 heteroatoms. The Bertz CT molecular complexity index is 754. The molecule has 0 bridgehead atoms. The zero-order valence-corrected chi connectivity index (χ0v) is 12.0. The van der Waals surface area contributed by atoms with Crippen LogP contribution in [-0.2, 0) is 0 Å². The zero-order chi connectivity index (χ0) is 15.4. The average molecular weight is 282 g/mol. The molecule has 0 atom stereocenters. The van der Waals surface area contributed by atoms with Crippen LogP contribution in [0.2, 0.25) is 0 Å². The summed E-state index contributed by atoms with van der Waals surface area (Å²) in [6.45, 7) is 4.00. The van der Waals surface area contributed by atoms with Gasteiger partial charge in [-0.3, -0.25) is 5.41 Å². The van der Waals surface area contributed by atoms with Crippen molar-refractivity contribution in [1.29, 1.82) is 5.41 Å². The van der Waals surface area contributed by atoms with Crippen LogP contribution in [0.15, 0.2) is 36.8 Å². The Labute approximate surface area is 122 Å².